The minimum absolute atomic E-state index is 0.0326. The lowest BCUT2D eigenvalue weighted by Gasteiger charge is -2.20. The van der Waals surface area contributed by atoms with E-state index in [2.05, 4.69) is 5.32 Å². The molecule has 0 fully saturated rings. The summed E-state index contributed by atoms with van der Waals surface area (Å²) < 4.78 is 32.5. The summed E-state index contributed by atoms with van der Waals surface area (Å²) in [4.78, 5) is 12.8. The van der Waals surface area contributed by atoms with E-state index in [1.54, 1.807) is 49.4 Å². The van der Waals surface area contributed by atoms with Gasteiger partial charge in [0.05, 0.1) is 28.3 Å². The number of amides is 1. The van der Waals surface area contributed by atoms with Gasteiger partial charge in [-0.15, -0.1) is 0 Å². The van der Waals surface area contributed by atoms with Gasteiger partial charge in [0, 0.05) is 17.8 Å². The largest absolute Gasteiger partial charge is 0.497 e. The van der Waals surface area contributed by atoms with Gasteiger partial charge >= 0.3 is 0 Å². The van der Waals surface area contributed by atoms with Crippen LogP contribution in [-0.4, -0.2) is 28.5 Å². The van der Waals surface area contributed by atoms with Gasteiger partial charge in [-0.05, 0) is 67.1 Å². The third kappa shape index (κ3) is 4.79. The summed E-state index contributed by atoms with van der Waals surface area (Å²) in [7, 11) is -0.980. The molecule has 3 aromatic rings. The smallest absolute Gasteiger partial charge is 0.264 e. The second-order valence-corrected chi connectivity index (χ2v) is 9.46. The summed E-state index contributed by atoms with van der Waals surface area (Å²) in [6, 6.07) is 15.7. The molecular formula is C22H20Cl2N2O4S. The zero-order valence-corrected chi connectivity index (χ0v) is 19.3. The van der Waals surface area contributed by atoms with Crippen molar-refractivity contribution in [3.05, 3.63) is 81.8 Å². The number of sulfonamides is 1. The highest BCUT2D eigenvalue weighted by molar-refractivity contribution is 7.92. The molecule has 6 nitrogen and oxygen atoms in total. The van der Waals surface area contributed by atoms with Crippen molar-refractivity contribution in [3.63, 3.8) is 0 Å². The van der Waals surface area contributed by atoms with Crippen LogP contribution in [0, 0.1) is 6.92 Å². The molecule has 0 atom stereocenters. The van der Waals surface area contributed by atoms with Crippen molar-refractivity contribution in [3.8, 4) is 5.75 Å². The second-order valence-electron chi connectivity index (χ2n) is 6.68. The van der Waals surface area contributed by atoms with Crippen molar-refractivity contribution in [1.82, 2.24) is 0 Å². The van der Waals surface area contributed by atoms with Crippen LogP contribution in [0.25, 0.3) is 0 Å². The molecule has 0 heterocycles. The Bertz CT molecular complexity index is 1230. The van der Waals surface area contributed by atoms with E-state index >= 15 is 0 Å². The third-order valence-electron chi connectivity index (χ3n) is 4.79. The predicted molar refractivity (Wildman–Crippen MR) is 124 cm³/mol. The van der Waals surface area contributed by atoms with E-state index < -0.39 is 15.9 Å². The Labute approximate surface area is 191 Å². The van der Waals surface area contributed by atoms with Crippen molar-refractivity contribution in [2.24, 2.45) is 0 Å². The molecule has 0 aliphatic heterocycles. The summed E-state index contributed by atoms with van der Waals surface area (Å²) in [5, 5.41) is 3.36. The normalized spacial score (nSPS) is 11.1. The average molecular weight is 479 g/mol. The van der Waals surface area contributed by atoms with Gasteiger partial charge in [0.2, 0.25) is 0 Å². The first kappa shape index (κ1) is 22.9. The highest BCUT2D eigenvalue weighted by Crippen LogP contribution is 2.28. The van der Waals surface area contributed by atoms with Crippen LogP contribution in [0.4, 0.5) is 11.4 Å². The molecule has 0 aliphatic carbocycles. The molecule has 1 amide bonds. The fraction of sp³-hybridized carbons (Fsp3) is 0.136. The first-order chi connectivity index (χ1) is 14.6. The fourth-order valence-electron chi connectivity index (χ4n) is 2.86. The fourth-order valence-corrected chi connectivity index (χ4v) is 4.46. The zero-order valence-electron chi connectivity index (χ0n) is 17.0. The molecule has 1 N–H and O–H groups in total. The number of hydrogen-bond acceptors (Lipinski definition) is 4. The number of nitrogens with one attached hydrogen (secondary N) is 1. The summed E-state index contributed by atoms with van der Waals surface area (Å²) in [6.07, 6.45) is 0. The monoisotopic (exact) mass is 478 g/mol. The van der Waals surface area contributed by atoms with Crippen LogP contribution in [0.3, 0.4) is 0 Å². The van der Waals surface area contributed by atoms with Crippen molar-refractivity contribution >= 4 is 50.5 Å². The van der Waals surface area contributed by atoms with Gasteiger partial charge in [-0.2, -0.15) is 0 Å². The van der Waals surface area contributed by atoms with Gasteiger partial charge in [-0.25, -0.2) is 8.42 Å². The van der Waals surface area contributed by atoms with E-state index in [1.807, 2.05) is 0 Å². The van der Waals surface area contributed by atoms with E-state index in [1.165, 1.54) is 32.4 Å². The lowest BCUT2D eigenvalue weighted by molar-refractivity contribution is 0.102. The van der Waals surface area contributed by atoms with Crippen molar-refractivity contribution in [2.45, 2.75) is 11.8 Å². The molecule has 31 heavy (non-hydrogen) atoms. The molecule has 3 rings (SSSR count). The number of carbonyl (C=O) groups is 1. The Balaban J connectivity index is 1.93. The number of hydrogen-bond donors (Lipinski definition) is 1. The number of carbonyl (C=O) groups excluding carboxylic acids is 1. The van der Waals surface area contributed by atoms with Crippen LogP contribution in [0.5, 0.6) is 5.75 Å². The van der Waals surface area contributed by atoms with Crippen LogP contribution >= 0.6 is 23.2 Å². The molecular weight excluding hydrogens is 459 g/mol. The summed E-state index contributed by atoms with van der Waals surface area (Å²) in [6.45, 7) is 1.77. The summed E-state index contributed by atoms with van der Waals surface area (Å²) in [5.74, 6) is 0.0656. The number of nitrogens with zero attached hydrogens (tertiary/aromatic N) is 1. The molecule has 0 spiro atoms. The van der Waals surface area contributed by atoms with Gasteiger partial charge < -0.3 is 10.1 Å². The summed E-state index contributed by atoms with van der Waals surface area (Å²) in [5.41, 5.74) is 1.68. The highest BCUT2D eigenvalue weighted by atomic mass is 35.5. The number of methoxy groups -OCH3 is 1. The van der Waals surface area contributed by atoms with Gasteiger partial charge in [0.25, 0.3) is 15.9 Å². The van der Waals surface area contributed by atoms with Crippen LogP contribution in [0.1, 0.15) is 15.9 Å². The Morgan fingerprint density at radius 3 is 2.32 bits per heavy atom. The first-order valence-corrected chi connectivity index (χ1v) is 11.3. The molecule has 0 saturated heterocycles. The molecule has 0 saturated carbocycles. The maximum absolute atomic E-state index is 13.1. The Morgan fingerprint density at radius 1 is 1.00 bits per heavy atom. The van der Waals surface area contributed by atoms with Gasteiger partial charge in [-0.3, -0.25) is 9.10 Å². The Hall–Kier alpha value is -2.74. The highest BCUT2D eigenvalue weighted by Gasteiger charge is 2.24. The van der Waals surface area contributed by atoms with Crippen LogP contribution < -0.4 is 14.4 Å². The first-order valence-electron chi connectivity index (χ1n) is 9.14. The molecule has 0 aromatic heterocycles. The van der Waals surface area contributed by atoms with Crippen LogP contribution in [0.15, 0.2) is 65.6 Å². The second kappa shape index (κ2) is 9.18. The Morgan fingerprint density at radius 2 is 1.68 bits per heavy atom. The van der Waals surface area contributed by atoms with E-state index in [0.717, 1.165) is 4.31 Å². The number of halogens is 2. The third-order valence-corrected chi connectivity index (χ3v) is 7.31. The van der Waals surface area contributed by atoms with Crippen molar-refractivity contribution in [2.75, 3.05) is 23.8 Å². The van der Waals surface area contributed by atoms with Crippen molar-refractivity contribution < 1.29 is 17.9 Å². The molecule has 3 aromatic carbocycles. The predicted octanol–water partition coefficient (Wildman–Crippen LogP) is 5.39. The zero-order chi connectivity index (χ0) is 22.8. The van der Waals surface area contributed by atoms with E-state index in [4.69, 9.17) is 27.9 Å². The van der Waals surface area contributed by atoms with Crippen LogP contribution in [-0.2, 0) is 10.0 Å². The number of rotatable bonds is 6. The quantitative estimate of drug-likeness (QED) is 0.515. The van der Waals surface area contributed by atoms with Crippen molar-refractivity contribution in [1.29, 1.82) is 0 Å². The molecule has 0 bridgehead atoms. The molecule has 0 unspecified atom stereocenters. The van der Waals surface area contributed by atoms with Crippen LogP contribution in [0.2, 0.25) is 10.0 Å². The maximum Gasteiger partial charge on any atom is 0.264 e. The summed E-state index contributed by atoms with van der Waals surface area (Å²) >= 11 is 12.3. The number of anilines is 2. The average Bonchev–Trinajstić information content (AvgIpc) is 2.76. The lowest BCUT2D eigenvalue weighted by atomic mass is 10.1. The Kier molecular flexibility index (Phi) is 6.79. The standard InChI is InChI=1S/C22H20Cl2N2O4S/c1-14-19(23)5-4-6-21(14)25-22(27)18-13-17(11-12-20(18)24)31(28,29)26(2)15-7-9-16(30-3)10-8-15/h4-13H,1-3H3,(H,25,27). The lowest BCUT2D eigenvalue weighted by Crippen LogP contribution is -2.27. The van der Waals surface area contributed by atoms with E-state index in [9.17, 15) is 13.2 Å². The van der Waals surface area contributed by atoms with Gasteiger partial charge in [0.15, 0.2) is 0 Å². The number of ether oxygens (including phenoxy) is 1. The van der Waals surface area contributed by atoms with Gasteiger partial charge in [-0.1, -0.05) is 29.3 Å². The molecule has 0 radical (unpaired) electrons. The van der Waals surface area contributed by atoms with E-state index in [-0.39, 0.29) is 15.5 Å². The molecule has 162 valence electrons. The van der Waals surface area contributed by atoms with E-state index in [0.29, 0.717) is 27.7 Å². The SMILES string of the molecule is COc1ccc(N(C)S(=O)(=O)c2ccc(Cl)c(C(=O)Nc3cccc(Cl)c3C)c2)cc1. The molecule has 0 aliphatic rings. The molecule has 9 heteroatoms. The minimum atomic E-state index is -3.94. The number of benzene rings is 3. The minimum Gasteiger partial charge on any atom is -0.497 e. The maximum atomic E-state index is 13.1. The van der Waals surface area contributed by atoms with Gasteiger partial charge in [0.1, 0.15) is 5.75 Å². The topological polar surface area (TPSA) is 75.7 Å².